The maximum atomic E-state index is 14.8. The van der Waals surface area contributed by atoms with E-state index in [1.807, 2.05) is 4.40 Å². The van der Waals surface area contributed by atoms with Crippen LogP contribution in [0.4, 0.5) is 18.0 Å². The molecule has 1 aromatic carbocycles. The number of amides is 1. The van der Waals surface area contributed by atoms with E-state index in [9.17, 15) is 18.0 Å². The summed E-state index contributed by atoms with van der Waals surface area (Å²) in [6.07, 6.45) is 2.80. The van der Waals surface area contributed by atoms with Gasteiger partial charge in [0.05, 0.1) is 5.69 Å². The number of ether oxygens (including phenoxy) is 1. The van der Waals surface area contributed by atoms with Crippen molar-refractivity contribution in [1.29, 1.82) is 0 Å². The molecule has 0 bridgehead atoms. The SMILES string of the molecule is CC(C)(C)OC(=O)NC1Cc2c(nc3cc(-c4ncon4)ccn23)CC1c1cc(F)c(F)cc1F. The molecule has 1 aliphatic rings. The first-order valence-corrected chi connectivity index (χ1v) is 11.0. The Hall–Kier alpha value is -3.89. The second kappa shape index (κ2) is 8.40. The number of alkyl carbamates (subject to hydrolysis) is 1. The number of fused-ring (bicyclic) bond motifs is 3. The van der Waals surface area contributed by atoms with Crippen molar-refractivity contribution >= 4 is 11.7 Å². The second-order valence-corrected chi connectivity index (χ2v) is 9.46. The molecule has 0 aliphatic heterocycles. The summed E-state index contributed by atoms with van der Waals surface area (Å²) < 4.78 is 54.5. The highest BCUT2D eigenvalue weighted by atomic mass is 19.2. The number of carbonyl (C=O) groups excluding carboxylic acids is 1. The van der Waals surface area contributed by atoms with Crippen LogP contribution in [0, 0.1) is 17.5 Å². The first-order chi connectivity index (χ1) is 16.6. The number of aromatic nitrogens is 4. The van der Waals surface area contributed by atoms with Gasteiger partial charge in [0.25, 0.3) is 0 Å². The predicted molar refractivity (Wildman–Crippen MR) is 118 cm³/mol. The Bertz CT molecular complexity index is 1410. The normalized spacial score (nSPS) is 17.9. The lowest BCUT2D eigenvalue weighted by molar-refractivity contribution is 0.0493. The van der Waals surface area contributed by atoms with Crippen molar-refractivity contribution in [3.05, 3.63) is 71.3 Å². The summed E-state index contributed by atoms with van der Waals surface area (Å²) in [5.74, 6) is -3.63. The summed E-state index contributed by atoms with van der Waals surface area (Å²) in [6, 6.07) is 4.29. The molecule has 3 heterocycles. The van der Waals surface area contributed by atoms with Gasteiger partial charge in [0.1, 0.15) is 17.1 Å². The van der Waals surface area contributed by atoms with E-state index in [0.717, 1.165) is 11.8 Å². The van der Waals surface area contributed by atoms with Gasteiger partial charge in [-0.15, -0.1) is 0 Å². The molecule has 0 fully saturated rings. The van der Waals surface area contributed by atoms with E-state index in [1.54, 1.807) is 39.1 Å². The lowest BCUT2D eigenvalue weighted by atomic mass is 9.80. The fourth-order valence-electron chi connectivity index (χ4n) is 4.42. The molecule has 1 amide bonds. The first kappa shape index (κ1) is 22.9. The summed E-state index contributed by atoms with van der Waals surface area (Å²) in [6.45, 7) is 5.18. The van der Waals surface area contributed by atoms with E-state index in [-0.39, 0.29) is 18.4 Å². The second-order valence-electron chi connectivity index (χ2n) is 9.46. The van der Waals surface area contributed by atoms with Gasteiger partial charge >= 0.3 is 6.09 Å². The molecule has 8 nitrogen and oxygen atoms in total. The molecule has 1 aliphatic carbocycles. The van der Waals surface area contributed by atoms with Crippen LogP contribution in [0.2, 0.25) is 0 Å². The van der Waals surface area contributed by atoms with Crippen LogP contribution in [0.15, 0.2) is 41.4 Å². The number of hydrogen-bond acceptors (Lipinski definition) is 6. The van der Waals surface area contributed by atoms with E-state index in [2.05, 4.69) is 20.4 Å². The highest BCUT2D eigenvalue weighted by Crippen LogP contribution is 2.36. The van der Waals surface area contributed by atoms with E-state index in [4.69, 9.17) is 9.26 Å². The molecule has 11 heteroatoms. The van der Waals surface area contributed by atoms with Gasteiger partial charge in [0.15, 0.2) is 11.6 Å². The molecule has 2 atom stereocenters. The Balaban J connectivity index is 1.55. The minimum absolute atomic E-state index is 0.0415. The highest BCUT2D eigenvalue weighted by Gasteiger charge is 2.36. The van der Waals surface area contributed by atoms with Crippen molar-refractivity contribution in [1.82, 2.24) is 24.8 Å². The number of pyridine rings is 1. The van der Waals surface area contributed by atoms with Crippen molar-refractivity contribution in [3.8, 4) is 11.4 Å². The largest absolute Gasteiger partial charge is 0.444 e. The number of benzene rings is 1. The van der Waals surface area contributed by atoms with Crippen LogP contribution in [0.25, 0.3) is 17.0 Å². The van der Waals surface area contributed by atoms with Crippen LogP contribution in [0.1, 0.15) is 43.6 Å². The minimum Gasteiger partial charge on any atom is -0.444 e. The molecular formula is C24H22F3N5O3. The van der Waals surface area contributed by atoms with Gasteiger partial charge in [-0.1, -0.05) is 5.16 Å². The monoisotopic (exact) mass is 485 g/mol. The van der Waals surface area contributed by atoms with Crippen molar-refractivity contribution in [3.63, 3.8) is 0 Å². The van der Waals surface area contributed by atoms with E-state index in [1.165, 1.54) is 6.39 Å². The van der Waals surface area contributed by atoms with Gasteiger partial charge in [-0.05, 0) is 44.5 Å². The smallest absolute Gasteiger partial charge is 0.407 e. The van der Waals surface area contributed by atoms with Crippen LogP contribution in [-0.4, -0.2) is 37.3 Å². The number of hydrogen-bond donors (Lipinski definition) is 1. The average molecular weight is 485 g/mol. The lowest BCUT2D eigenvalue weighted by Gasteiger charge is -2.33. The van der Waals surface area contributed by atoms with Crippen molar-refractivity contribution in [2.24, 2.45) is 0 Å². The number of imidazole rings is 1. The molecule has 5 rings (SSSR count). The van der Waals surface area contributed by atoms with Gasteiger partial charge < -0.3 is 19.0 Å². The van der Waals surface area contributed by atoms with Gasteiger partial charge in [-0.25, -0.2) is 22.9 Å². The van der Waals surface area contributed by atoms with Crippen LogP contribution in [-0.2, 0) is 17.6 Å². The summed E-state index contributed by atoms with van der Waals surface area (Å²) >= 11 is 0. The topological polar surface area (TPSA) is 94.5 Å². The lowest BCUT2D eigenvalue weighted by Crippen LogP contribution is -2.46. The molecule has 182 valence electrons. The fraction of sp³-hybridized carbons (Fsp3) is 0.333. The average Bonchev–Trinajstić information content (AvgIpc) is 3.42. The van der Waals surface area contributed by atoms with Gasteiger partial charge in [-0.2, -0.15) is 4.98 Å². The number of nitrogens with zero attached hydrogens (tertiary/aromatic N) is 4. The Morgan fingerprint density at radius 2 is 1.91 bits per heavy atom. The summed E-state index contributed by atoms with van der Waals surface area (Å²) in [5.41, 5.74) is 1.97. The quantitative estimate of drug-likeness (QED) is 0.427. The third-order valence-corrected chi connectivity index (χ3v) is 5.88. The zero-order valence-corrected chi connectivity index (χ0v) is 19.2. The Morgan fingerprint density at radius 1 is 1.14 bits per heavy atom. The summed E-state index contributed by atoms with van der Waals surface area (Å²) in [4.78, 5) is 21.3. The van der Waals surface area contributed by atoms with Gasteiger partial charge in [0, 0.05) is 48.3 Å². The van der Waals surface area contributed by atoms with Crippen LogP contribution >= 0.6 is 0 Å². The molecule has 0 radical (unpaired) electrons. The standard InChI is InChI=1S/C24H22F3N5O3/c1-24(2,3)35-23(33)30-18-10-20-19(8-14(18)13-7-16(26)17(27)9-15(13)25)29-21-6-12(4-5-32(20)21)22-28-11-34-31-22/h4-7,9,11,14,18H,8,10H2,1-3H3,(H,30,33). The molecule has 0 saturated carbocycles. The van der Waals surface area contributed by atoms with Crippen molar-refractivity contribution in [2.45, 2.75) is 51.2 Å². The maximum Gasteiger partial charge on any atom is 0.407 e. The van der Waals surface area contributed by atoms with E-state index in [0.29, 0.717) is 28.8 Å². The van der Waals surface area contributed by atoms with Crippen LogP contribution in [0.3, 0.4) is 0 Å². The number of nitrogens with one attached hydrogen (secondary N) is 1. The fourth-order valence-corrected chi connectivity index (χ4v) is 4.42. The molecule has 0 saturated heterocycles. The Labute approximate surface area is 198 Å². The van der Waals surface area contributed by atoms with E-state index < -0.39 is 41.1 Å². The third-order valence-electron chi connectivity index (χ3n) is 5.88. The molecule has 4 aromatic rings. The predicted octanol–water partition coefficient (Wildman–Crippen LogP) is 4.58. The Kier molecular flexibility index (Phi) is 5.49. The molecule has 1 N–H and O–H groups in total. The number of halogens is 3. The zero-order chi connectivity index (χ0) is 24.9. The van der Waals surface area contributed by atoms with Crippen molar-refractivity contribution in [2.75, 3.05) is 0 Å². The molecule has 0 spiro atoms. The molecule has 35 heavy (non-hydrogen) atoms. The van der Waals surface area contributed by atoms with Crippen LogP contribution in [0.5, 0.6) is 0 Å². The van der Waals surface area contributed by atoms with Crippen molar-refractivity contribution < 1.29 is 27.2 Å². The van der Waals surface area contributed by atoms with Gasteiger partial charge in [-0.3, -0.25) is 0 Å². The summed E-state index contributed by atoms with van der Waals surface area (Å²) in [5, 5.41) is 6.63. The Morgan fingerprint density at radius 3 is 2.63 bits per heavy atom. The maximum absolute atomic E-state index is 14.8. The molecular weight excluding hydrogens is 463 g/mol. The van der Waals surface area contributed by atoms with E-state index >= 15 is 0 Å². The first-order valence-electron chi connectivity index (χ1n) is 11.0. The number of rotatable bonds is 3. The third kappa shape index (κ3) is 4.45. The summed E-state index contributed by atoms with van der Waals surface area (Å²) in [7, 11) is 0. The molecule has 2 unspecified atom stereocenters. The highest BCUT2D eigenvalue weighted by molar-refractivity contribution is 5.68. The van der Waals surface area contributed by atoms with Crippen LogP contribution < -0.4 is 5.32 Å². The van der Waals surface area contributed by atoms with Gasteiger partial charge in [0.2, 0.25) is 12.2 Å². The number of carbonyl (C=O) groups is 1. The molecule has 3 aromatic heterocycles. The minimum atomic E-state index is -1.28. The zero-order valence-electron chi connectivity index (χ0n) is 19.2.